The molecule has 0 atom stereocenters. The summed E-state index contributed by atoms with van der Waals surface area (Å²) in [5.74, 6) is 0.300. The highest BCUT2D eigenvalue weighted by Gasteiger charge is 2.29. The zero-order chi connectivity index (χ0) is 22.0. The minimum absolute atomic E-state index is 0.0396. The molecule has 1 fully saturated rings. The average molecular weight is 460 g/mol. The highest BCUT2D eigenvalue weighted by molar-refractivity contribution is 7.89. The van der Waals surface area contributed by atoms with Gasteiger partial charge in [-0.05, 0) is 49.2 Å². The summed E-state index contributed by atoms with van der Waals surface area (Å²) in [5.41, 5.74) is 1.06. The van der Waals surface area contributed by atoms with Crippen molar-refractivity contribution in [2.75, 3.05) is 19.5 Å². The number of para-hydroxylation sites is 1. The first-order chi connectivity index (χ1) is 14.9. The van der Waals surface area contributed by atoms with Crippen LogP contribution in [0.3, 0.4) is 0 Å². The first-order valence-corrected chi connectivity index (χ1v) is 12.5. The highest BCUT2D eigenvalue weighted by atomic mass is 32.2. The van der Waals surface area contributed by atoms with Crippen LogP contribution in [0.2, 0.25) is 0 Å². The molecule has 1 amide bonds. The number of anilines is 1. The lowest BCUT2D eigenvalue weighted by molar-refractivity contribution is 0.102. The van der Waals surface area contributed by atoms with Gasteiger partial charge in [-0.2, -0.15) is 4.31 Å². The number of carbonyl (C=O) groups is 1. The molecule has 1 heterocycles. The Morgan fingerprint density at radius 1 is 1.13 bits per heavy atom. The molecule has 1 N–H and O–H groups in total. The number of amides is 1. The van der Waals surface area contributed by atoms with Crippen molar-refractivity contribution < 1.29 is 17.9 Å². The van der Waals surface area contributed by atoms with Crippen LogP contribution in [-0.2, 0) is 10.0 Å². The summed E-state index contributed by atoms with van der Waals surface area (Å²) < 4.78 is 33.6. The van der Waals surface area contributed by atoms with E-state index in [0.29, 0.717) is 22.0 Å². The molecule has 0 radical (unpaired) electrons. The van der Waals surface area contributed by atoms with Gasteiger partial charge >= 0.3 is 0 Å². The van der Waals surface area contributed by atoms with Crippen molar-refractivity contribution >= 4 is 42.6 Å². The minimum Gasteiger partial charge on any atom is -0.494 e. The number of nitrogens with zero attached hydrogens (tertiary/aromatic N) is 2. The molecule has 3 aromatic rings. The molecule has 1 saturated carbocycles. The fourth-order valence-corrected chi connectivity index (χ4v) is 6.19. The van der Waals surface area contributed by atoms with Crippen LogP contribution >= 0.6 is 11.3 Å². The molecule has 7 nitrogen and oxygen atoms in total. The van der Waals surface area contributed by atoms with Crippen molar-refractivity contribution in [3.8, 4) is 5.75 Å². The van der Waals surface area contributed by atoms with Crippen LogP contribution in [0.25, 0.3) is 10.2 Å². The maximum Gasteiger partial charge on any atom is 0.257 e. The number of hydrogen-bond donors (Lipinski definition) is 1. The molecule has 9 heteroatoms. The molecule has 0 bridgehead atoms. The number of hydrogen-bond acceptors (Lipinski definition) is 6. The highest BCUT2D eigenvalue weighted by Crippen LogP contribution is 2.32. The molecule has 2 aromatic carbocycles. The van der Waals surface area contributed by atoms with Crippen molar-refractivity contribution in [1.29, 1.82) is 0 Å². The predicted octanol–water partition coefficient (Wildman–Crippen LogP) is 4.51. The summed E-state index contributed by atoms with van der Waals surface area (Å²) >= 11 is 1.35. The number of benzene rings is 2. The Hall–Kier alpha value is -2.49. The minimum atomic E-state index is -3.59. The lowest BCUT2D eigenvalue weighted by Gasteiger charge is -2.30. The van der Waals surface area contributed by atoms with E-state index in [4.69, 9.17) is 4.74 Å². The molecule has 0 saturated heterocycles. The van der Waals surface area contributed by atoms with Crippen molar-refractivity contribution in [1.82, 2.24) is 9.29 Å². The zero-order valence-corrected chi connectivity index (χ0v) is 19.1. The second kappa shape index (κ2) is 8.94. The van der Waals surface area contributed by atoms with Gasteiger partial charge in [-0.15, -0.1) is 0 Å². The normalized spacial score (nSPS) is 15.3. The quantitative estimate of drug-likeness (QED) is 0.586. The summed E-state index contributed by atoms with van der Waals surface area (Å²) in [5, 5.41) is 3.24. The summed E-state index contributed by atoms with van der Waals surface area (Å²) in [6, 6.07) is 11.7. The van der Waals surface area contributed by atoms with E-state index >= 15 is 0 Å². The van der Waals surface area contributed by atoms with Crippen molar-refractivity contribution in [2.45, 2.75) is 43.0 Å². The first kappa shape index (κ1) is 21.7. The van der Waals surface area contributed by atoms with Gasteiger partial charge in [0.2, 0.25) is 10.0 Å². The third kappa shape index (κ3) is 4.44. The standard InChI is InChI=1S/C22H25N3O4S2/c1-25(16-7-4-3-5-8-16)31(27,28)17-13-11-15(12-14-17)21(26)24-22-23-20-18(29-2)9-6-10-19(20)30-22/h6,9-14,16H,3-5,7-8H2,1-2H3,(H,23,24,26). The average Bonchev–Trinajstić information content (AvgIpc) is 3.21. The van der Waals surface area contributed by atoms with Gasteiger partial charge in [-0.3, -0.25) is 10.1 Å². The number of ether oxygens (including phenoxy) is 1. The van der Waals surface area contributed by atoms with Crippen LogP contribution in [0.4, 0.5) is 5.13 Å². The lowest BCUT2D eigenvalue weighted by atomic mass is 9.96. The molecule has 0 unspecified atom stereocenters. The number of rotatable bonds is 6. The molecular weight excluding hydrogens is 434 g/mol. The van der Waals surface area contributed by atoms with Gasteiger partial charge in [-0.1, -0.05) is 36.7 Å². The smallest absolute Gasteiger partial charge is 0.257 e. The van der Waals surface area contributed by atoms with E-state index in [0.717, 1.165) is 36.8 Å². The van der Waals surface area contributed by atoms with Gasteiger partial charge in [0.15, 0.2) is 5.13 Å². The second-order valence-corrected chi connectivity index (χ2v) is 10.6. The summed E-state index contributed by atoms with van der Waals surface area (Å²) in [6.07, 6.45) is 5.06. The molecule has 1 aliphatic carbocycles. The Bertz CT molecular complexity index is 1180. The van der Waals surface area contributed by atoms with Crippen molar-refractivity contribution in [3.63, 3.8) is 0 Å². The third-order valence-electron chi connectivity index (χ3n) is 5.70. The molecular formula is C22H25N3O4S2. The van der Waals surface area contributed by atoms with E-state index in [9.17, 15) is 13.2 Å². The molecule has 0 aliphatic heterocycles. The monoisotopic (exact) mass is 459 g/mol. The van der Waals surface area contributed by atoms with Gasteiger partial charge in [0, 0.05) is 18.7 Å². The number of methoxy groups -OCH3 is 1. The second-order valence-electron chi connectivity index (χ2n) is 7.62. The van der Waals surface area contributed by atoms with E-state index in [1.165, 1.54) is 39.9 Å². The number of thiazole rings is 1. The van der Waals surface area contributed by atoms with E-state index in [-0.39, 0.29) is 16.8 Å². The Balaban J connectivity index is 1.49. The van der Waals surface area contributed by atoms with Crippen LogP contribution in [0, 0.1) is 0 Å². The number of nitrogens with one attached hydrogen (secondary N) is 1. The molecule has 164 valence electrons. The van der Waals surface area contributed by atoms with Crippen molar-refractivity contribution in [3.05, 3.63) is 48.0 Å². The molecule has 1 aromatic heterocycles. The maximum atomic E-state index is 13.0. The van der Waals surface area contributed by atoms with Gasteiger partial charge in [0.1, 0.15) is 11.3 Å². The maximum absolute atomic E-state index is 13.0. The van der Waals surface area contributed by atoms with Gasteiger partial charge in [-0.25, -0.2) is 13.4 Å². The Morgan fingerprint density at radius 3 is 2.52 bits per heavy atom. The largest absolute Gasteiger partial charge is 0.494 e. The van der Waals surface area contributed by atoms with Crippen LogP contribution in [0.5, 0.6) is 5.75 Å². The number of sulfonamides is 1. The van der Waals surface area contributed by atoms with Crippen molar-refractivity contribution in [2.24, 2.45) is 0 Å². The van der Waals surface area contributed by atoms with Crippen LogP contribution in [0.1, 0.15) is 42.5 Å². The van der Waals surface area contributed by atoms with E-state index in [1.54, 1.807) is 14.2 Å². The predicted molar refractivity (Wildman–Crippen MR) is 122 cm³/mol. The molecule has 0 spiro atoms. The Morgan fingerprint density at radius 2 is 1.84 bits per heavy atom. The lowest BCUT2D eigenvalue weighted by Crippen LogP contribution is -2.38. The fourth-order valence-electron chi connectivity index (χ4n) is 3.90. The van der Waals surface area contributed by atoms with Gasteiger partial charge in [0.05, 0.1) is 16.7 Å². The summed E-state index contributed by atoms with van der Waals surface area (Å²) in [4.78, 5) is 17.3. The number of fused-ring (bicyclic) bond motifs is 1. The van der Waals surface area contributed by atoms with Gasteiger partial charge in [0.25, 0.3) is 5.91 Å². The summed E-state index contributed by atoms with van der Waals surface area (Å²) in [7, 11) is -0.364. The molecule has 1 aliphatic rings. The zero-order valence-electron chi connectivity index (χ0n) is 17.5. The molecule has 31 heavy (non-hydrogen) atoms. The van der Waals surface area contributed by atoms with Gasteiger partial charge < -0.3 is 4.74 Å². The van der Waals surface area contributed by atoms with E-state index < -0.39 is 10.0 Å². The van der Waals surface area contributed by atoms with Crippen LogP contribution < -0.4 is 10.1 Å². The first-order valence-electron chi connectivity index (χ1n) is 10.2. The van der Waals surface area contributed by atoms with Crippen LogP contribution in [0.15, 0.2) is 47.4 Å². The fraction of sp³-hybridized carbons (Fsp3) is 0.364. The Labute approximate surface area is 186 Å². The SMILES string of the molecule is COc1cccc2sc(NC(=O)c3ccc(S(=O)(=O)N(C)C4CCCCC4)cc3)nc12. The van der Waals surface area contributed by atoms with E-state index in [1.807, 2.05) is 18.2 Å². The van der Waals surface area contributed by atoms with Crippen LogP contribution in [-0.4, -0.2) is 43.8 Å². The number of carbonyl (C=O) groups excluding carboxylic acids is 1. The number of aromatic nitrogens is 1. The topological polar surface area (TPSA) is 88.6 Å². The third-order valence-corrected chi connectivity index (χ3v) is 8.57. The molecule has 4 rings (SSSR count). The van der Waals surface area contributed by atoms with E-state index in [2.05, 4.69) is 10.3 Å². The Kier molecular flexibility index (Phi) is 6.27. The summed E-state index contributed by atoms with van der Waals surface area (Å²) in [6.45, 7) is 0.